The standard InChI is InChI=1S/C7H15N3/c1-10-4-5-2-6(10)3-7(5)9-8/h5-7,9H,2-4,8H2,1H3. The molecule has 2 bridgehead atoms. The second-order valence-corrected chi connectivity index (χ2v) is 3.60. The molecule has 0 spiro atoms. The predicted octanol–water partition coefficient (Wildman–Crippen LogP) is -0.458. The third kappa shape index (κ3) is 0.779. The van der Waals surface area contributed by atoms with E-state index in [9.17, 15) is 0 Å². The zero-order valence-electron chi connectivity index (χ0n) is 6.38. The van der Waals surface area contributed by atoms with Gasteiger partial charge in [0, 0.05) is 18.6 Å². The molecule has 3 nitrogen and oxygen atoms in total. The van der Waals surface area contributed by atoms with Crippen LogP contribution in [0.5, 0.6) is 0 Å². The second-order valence-electron chi connectivity index (χ2n) is 3.60. The van der Waals surface area contributed by atoms with E-state index in [1.165, 1.54) is 19.4 Å². The van der Waals surface area contributed by atoms with Crippen molar-refractivity contribution in [3.8, 4) is 0 Å². The van der Waals surface area contributed by atoms with Crippen LogP contribution in [0.15, 0.2) is 0 Å². The Morgan fingerprint density at radius 1 is 1.50 bits per heavy atom. The molecular weight excluding hydrogens is 126 g/mol. The van der Waals surface area contributed by atoms with Gasteiger partial charge in [-0.2, -0.15) is 0 Å². The minimum atomic E-state index is 0.598. The van der Waals surface area contributed by atoms with Gasteiger partial charge in [0.2, 0.25) is 0 Å². The van der Waals surface area contributed by atoms with Crippen LogP contribution in [0.1, 0.15) is 12.8 Å². The Balaban J connectivity index is 2.02. The van der Waals surface area contributed by atoms with Crippen molar-refractivity contribution >= 4 is 0 Å². The third-order valence-electron chi connectivity index (χ3n) is 3.03. The number of likely N-dealkylation sites (tertiary alicyclic amines) is 1. The molecule has 3 N–H and O–H groups in total. The number of hydrazine groups is 1. The largest absolute Gasteiger partial charge is 0.303 e. The van der Waals surface area contributed by atoms with E-state index in [1.54, 1.807) is 0 Å². The summed E-state index contributed by atoms with van der Waals surface area (Å²) in [6.45, 7) is 1.24. The van der Waals surface area contributed by atoms with Crippen LogP contribution < -0.4 is 11.3 Å². The average Bonchev–Trinajstić information content (AvgIpc) is 2.44. The molecule has 1 saturated heterocycles. The number of nitrogens with one attached hydrogen (secondary N) is 1. The van der Waals surface area contributed by atoms with Gasteiger partial charge in [0.25, 0.3) is 0 Å². The fourth-order valence-electron chi connectivity index (χ4n) is 2.38. The van der Waals surface area contributed by atoms with E-state index in [4.69, 9.17) is 5.84 Å². The Morgan fingerprint density at radius 2 is 2.30 bits per heavy atom. The summed E-state index contributed by atoms with van der Waals surface area (Å²) in [5.74, 6) is 6.22. The molecule has 0 amide bonds. The molecule has 1 saturated carbocycles. The molecule has 2 fully saturated rings. The van der Waals surface area contributed by atoms with Gasteiger partial charge in [-0.05, 0) is 25.8 Å². The van der Waals surface area contributed by atoms with Gasteiger partial charge in [0.1, 0.15) is 0 Å². The smallest absolute Gasteiger partial charge is 0.0266 e. The number of nitrogens with two attached hydrogens (primary N) is 1. The molecule has 2 aliphatic rings. The first kappa shape index (κ1) is 6.58. The second kappa shape index (κ2) is 2.19. The van der Waals surface area contributed by atoms with E-state index in [0.717, 1.165) is 12.0 Å². The van der Waals surface area contributed by atoms with Crippen LogP contribution >= 0.6 is 0 Å². The van der Waals surface area contributed by atoms with E-state index in [1.807, 2.05) is 0 Å². The maximum Gasteiger partial charge on any atom is 0.0266 e. The number of rotatable bonds is 1. The minimum absolute atomic E-state index is 0.598. The van der Waals surface area contributed by atoms with E-state index < -0.39 is 0 Å². The van der Waals surface area contributed by atoms with Crippen LogP contribution in [0.3, 0.4) is 0 Å². The number of piperidine rings is 1. The zero-order valence-corrected chi connectivity index (χ0v) is 6.38. The van der Waals surface area contributed by atoms with Gasteiger partial charge < -0.3 is 4.90 Å². The predicted molar refractivity (Wildman–Crippen MR) is 40.3 cm³/mol. The Labute approximate surface area is 61.5 Å². The third-order valence-corrected chi connectivity index (χ3v) is 3.03. The lowest BCUT2D eigenvalue weighted by Gasteiger charge is -2.27. The van der Waals surface area contributed by atoms with Crippen molar-refractivity contribution in [3.63, 3.8) is 0 Å². The summed E-state index contributed by atoms with van der Waals surface area (Å²) >= 11 is 0. The molecule has 0 radical (unpaired) electrons. The molecule has 2 rings (SSSR count). The number of nitrogens with zero attached hydrogens (tertiary/aromatic N) is 1. The Bertz CT molecular complexity index is 135. The van der Waals surface area contributed by atoms with Crippen molar-refractivity contribution < 1.29 is 0 Å². The summed E-state index contributed by atoms with van der Waals surface area (Å²) in [6, 6.07) is 1.41. The van der Waals surface area contributed by atoms with Crippen LogP contribution in [-0.4, -0.2) is 30.6 Å². The molecule has 3 unspecified atom stereocenters. The molecule has 3 heteroatoms. The van der Waals surface area contributed by atoms with E-state index in [2.05, 4.69) is 17.4 Å². The first-order valence-corrected chi connectivity index (χ1v) is 3.97. The molecule has 1 heterocycles. The van der Waals surface area contributed by atoms with Crippen molar-refractivity contribution in [1.82, 2.24) is 10.3 Å². The highest BCUT2D eigenvalue weighted by molar-refractivity contribution is 4.98. The lowest BCUT2D eigenvalue weighted by atomic mass is 10.0. The molecule has 0 aromatic heterocycles. The van der Waals surface area contributed by atoms with Gasteiger partial charge in [-0.3, -0.25) is 11.3 Å². The number of fused-ring (bicyclic) bond motifs is 2. The summed E-state index contributed by atoms with van der Waals surface area (Å²) in [6.07, 6.45) is 2.60. The average molecular weight is 141 g/mol. The quantitative estimate of drug-likeness (QED) is 0.383. The monoisotopic (exact) mass is 141 g/mol. The van der Waals surface area contributed by atoms with E-state index in [0.29, 0.717) is 6.04 Å². The van der Waals surface area contributed by atoms with Gasteiger partial charge in [0.15, 0.2) is 0 Å². The van der Waals surface area contributed by atoms with Crippen LogP contribution in [0.25, 0.3) is 0 Å². The van der Waals surface area contributed by atoms with Crippen molar-refractivity contribution in [2.24, 2.45) is 11.8 Å². The van der Waals surface area contributed by atoms with Gasteiger partial charge in [0.05, 0.1) is 0 Å². The molecule has 1 aliphatic carbocycles. The highest BCUT2D eigenvalue weighted by atomic mass is 15.3. The lowest BCUT2D eigenvalue weighted by Crippen LogP contribution is -2.45. The summed E-state index contributed by atoms with van der Waals surface area (Å²) in [4.78, 5) is 2.44. The number of hydrogen-bond acceptors (Lipinski definition) is 3. The minimum Gasteiger partial charge on any atom is -0.303 e. The van der Waals surface area contributed by atoms with Gasteiger partial charge in [-0.15, -0.1) is 0 Å². The maximum atomic E-state index is 5.40. The van der Waals surface area contributed by atoms with E-state index in [-0.39, 0.29) is 0 Å². The SMILES string of the molecule is CN1CC2CC1CC2NN. The highest BCUT2D eigenvalue weighted by Gasteiger charge is 2.42. The van der Waals surface area contributed by atoms with Crippen molar-refractivity contribution in [2.75, 3.05) is 13.6 Å². The molecule has 10 heavy (non-hydrogen) atoms. The van der Waals surface area contributed by atoms with Gasteiger partial charge >= 0.3 is 0 Å². The molecule has 0 aromatic rings. The van der Waals surface area contributed by atoms with E-state index >= 15 is 0 Å². The normalized spacial score (nSPS) is 46.8. The van der Waals surface area contributed by atoms with Crippen LogP contribution in [0.2, 0.25) is 0 Å². The fraction of sp³-hybridized carbons (Fsp3) is 1.00. The maximum absolute atomic E-state index is 5.40. The molecule has 1 aliphatic heterocycles. The first-order valence-electron chi connectivity index (χ1n) is 3.97. The fourth-order valence-corrected chi connectivity index (χ4v) is 2.38. The summed E-state index contributed by atoms with van der Waals surface area (Å²) in [7, 11) is 2.21. The molecule has 58 valence electrons. The molecule has 3 atom stereocenters. The van der Waals surface area contributed by atoms with Crippen LogP contribution in [-0.2, 0) is 0 Å². The van der Waals surface area contributed by atoms with Gasteiger partial charge in [-0.1, -0.05) is 0 Å². The zero-order chi connectivity index (χ0) is 7.14. The summed E-state index contributed by atoms with van der Waals surface area (Å²) in [5.41, 5.74) is 2.89. The number of hydrogen-bond donors (Lipinski definition) is 2. The van der Waals surface area contributed by atoms with Crippen molar-refractivity contribution in [1.29, 1.82) is 0 Å². The Kier molecular flexibility index (Phi) is 1.44. The van der Waals surface area contributed by atoms with Gasteiger partial charge in [-0.25, -0.2) is 0 Å². The van der Waals surface area contributed by atoms with Crippen LogP contribution in [0.4, 0.5) is 0 Å². The van der Waals surface area contributed by atoms with Crippen molar-refractivity contribution in [3.05, 3.63) is 0 Å². The summed E-state index contributed by atoms with van der Waals surface area (Å²) < 4.78 is 0. The highest BCUT2D eigenvalue weighted by Crippen LogP contribution is 2.35. The summed E-state index contributed by atoms with van der Waals surface area (Å²) in [5, 5.41) is 0. The lowest BCUT2D eigenvalue weighted by molar-refractivity contribution is 0.225. The Morgan fingerprint density at radius 3 is 2.70 bits per heavy atom. The molecular formula is C7H15N3. The topological polar surface area (TPSA) is 41.3 Å². The molecule has 0 aromatic carbocycles. The Hall–Kier alpha value is -0.120. The van der Waals surface area contributed by atoms with Crippen LogP contribution in [0, 0.1) is 5.92 Å². The first-order chi connectivity index (χ1) is 4.81. The van der Waals surface area contributed by atoms with Crippen molar-refractivity contribution in [2.45, 2.75) is 24.9 Å².